The molecule has 58 heavy (non-hydrogen) atoms. The zero-order chi connectivity index (χ0) is 42.7. The van der Waals surface area contributed by atoms with Gasteiger partial charge in [0.2, 0.25) is 17.4 Å². The molecule has 1 heterocycles. The molecule has 0 bridgehead atoms. The Balaban J connectivity index is 1.38. The molecule has 4 amide bonds. The van der Waals surface area contributed by atoms with E-state index in [1.807, 2.05) is 18.2 Å². The molecule has 1 aliphatic carbocycles. The van der Waals surface area contributed by atoms with Crippen LogP contribution in [0.5, 0.6) is 0 Å². The van der Waals surface area contributed by atoms with E-state index in [0.717, 1.165) is 67.7 Å². The molecule has 320 valence electrons. The van der Waals surface area contributed by atoms with Crippen LogP contribution in [0.15, 0.2) is 65.5 Å². The Labute approximate surface area is 348 Å². The van der Waals surface area contributed by atoms with Crippen molar-refractivity contribution in [2.75, 3.05) is 26.2 Å². The van der Waals surface area contributed by atoms with E-state index in [9.17, 15) is 19.2 Å². The summed E-state index contributed by atoms with van der Waals surface area (Å²) in [6.07, 6.45) is 6.74. The summed E-state index contributed by atoms with van der Waals surface area (Å²) >= 11 is 0. The summed E-state index contributed by atoms with van der Waals surface area (Å²) in [5.74, 6) is -0.0890. The summed E-state index contributed by atoms with van der Waals surface area (Å²) in [6.45, 7) is 23.1. The smallest absolute Gasteiger partial charge is 0.314 e. The number of H-pyrrole nitrogens is 1. The highest BCUT2D eigenvalue weighted by molar-refractivity contribution is 5.89. The van der Waals surface area contributed by atoms with Crippen LogP contribution in [0.2, 0.25) is 0 Å². The van der Waals surface area contributed by atoms with Crippen LogP contribution >= 0.6 is 0 Å². The summed E-state index contributed by atoms with van der Waals surface area (Å²) in [7, 11) is 0. The van der Waals surface area contributed by atoms with Crippen LogP contribution in [0.4, 0.5) is 4.79 Å². The molecular weight excluding hydrogens is 725 g/mol. The number of aromatic nitrogens is 1. The average molecular weight is 799 g/mol. The van der Waals surface area contributed by atoms with Gasteiger partial charge in [-0.2, -0.15) is 0 Å². The van der Waals surface area contributed by atoms with Gasteiger partial charge < -0.3 is 31.6 Å². The second-order valence-electron chi connectivity index (χ2n) is 19.8. The van der Waals surface area contributed by atoms with E-state index >= 15 is 0 Å². The molecule has 0 unspecified atom stereocenters. The van der Waals surface area contributed by atoms with E-state index in [0.29, 0.717) is 44.2 Å². The molecule has 0 radical (unpaired) electrons. The molecular formula is C48H74N6O4. The highest BCUT2D eigenvalue weighted by Crippen LogP contribution is 2.63. The zero-order valence-electron chi connectivity index (χ0n) is 37.1. The number of nitrogens with two attached hydrogens (primary N) is 1. The first-order chi connectivity index (χ1) is 27.3. The van der Waals surface area contributed by atoms with Crippen molar-refractivity contribution in [3.8, 4) is 0 Å². The maximum Gasteiger partial charge on any atom is 0.314 e. The van der Waals surface area contributed by atoms with Crippen LogP contribution in [-0.4, -0.2) is 60.0 Å². The SMILES string of the molecule is CC(C)(C)C(CCNC(=O)NCCCCCNC(=O)[C@H](Cc1ccc2ccccc2c1)N(Cc1cccc(=O)[nH]1)C(=O)C1CCC(CN)CC1)(C(C)(C)C)C(C)(C)C. The van der Waals surface area contributed by atoms with Gasteiger partial charge in [0.15, 0.2) is 0 Å². The number of fused-ring (bicyclic) bond motifs is 1. The van der Waals surface area contributed by atoms with Gasteiger partial charge in [0.05, 0.1) is 6.54 Å². The van der Waals surface area contributed by atoms with E-state index < -0.39 is 6.04 Å². The van der Waals surface area contributed by atoms with Crippen molar-refractivity contribution < 1.29 is 14.4 Å². The number of urea groups is 1. The van der Waals surface area contributed by atoms with Gasteiger partial charge in [0.1, 0.15) is 6.04 Å². The Morgan fingerprint density at radius 3 is 1.95 bits per heavy atom. The molecule has 0 aliphatic heterocycles. The van der Waals surface area contributed by atoms with E-state index in [1.165, 1.54) is 6.07 Å². The summed E-state index contributed by atoms with van der Waals surface area (Å²) in [5, 5.41) is 11.5. The lowest BCUT2D eigenvalue weighted by Crippen LogP contribution is -2.56. The first kappa shape index (κ1) is 46.5. The maximum atomic E-state index is 14.5. The second kappa shape index (κ2) is 20.2. The van der Waals surface area contributed by atoms with Crippen molar-refractivity contribution in [3.63, 3.8) is 0 Å². The predicted molar refractivity (Wildman–Crippen MR) is 237 cm³/mol. The molecule has 3 aromatic rings. The Morgan fingerprint density at radius 1 is 0.741 bits per heavy atom. The van der Waals surface area contributed by atoms with Gasteiger partial charge in [0.25, 0.3) is 0 Å². The zero-order valence-corrected chi connectivity index (χ0v) is 37.1. The molecule has 4 rings (SSSR count). The molecule has 1 atom stereocenters. The molecule has 10 heteroatoms. The molecule has 1 fully saturated rings. The molecule has 0 spiro atoms. The van der Waals surface area contributed by atoms with Crippen LogP contribution in [0.3, 0.4) is 0 Å². The number of nitrogens with zero attached hydrogens (tertiary/aromatic N) is 1. The average Bonchev–Trinajstić information content (AvgIpc) is 3.15. The Bertz CT molecular complexity index is 1820. The van der Waals surface area contributed by atoms with Gasteiger partial charge in [-0.25, -0.2) is 4.79 Å². The lowest BCUT2D eigenvalue weighted by Gasteiger charge is -2.61. The minimum atomic E-state index is -0.788. The largest absolute Gasteiger partial charge is 0.354 e. The number of aromatic amines is 1. The fourth-order valence-electron chi connectivity index (χ4n) is 10.8. The topological polar surface area (TPSA) is 149 Å². The van der Waals surface area contributed by atoms with Crippen LogP contribution in [0.25, 0.3) is 10.8 Å². The van der Waals surface area contributed by atoms with Crippen molar-refractivity contribution in [2.24, 2.45) is 39.2 Å². The van der Waals surface area contributed by atoms with Crippen LogP contribution in [0, 0.1) is 33.5 Å². The summed E-state index contributed by atoms with van der Waals surface area (Å²) < 4.78 is 0. The van der Waals surface area contributed by atoms with Crippen molar-refractivity contribution >= 4 is 28.6 Å². The van der Waals surface area contributed by atoms with E-state index in [-0.39, 0.29) is 57.5 Å². The van der Waals surface area contributed by atoms with Crippen LogP contribution in [-0.2, 0) is 22.6 Å². The van der Waals surface area contributed by atoms with Crippen LogP contribution in [0.1, 0.15) is 125 Å². The summed E-state index contributed by atoms with van der Waals surface area (Å²) in [6, 6.07) is 18.3. The molecule has 1 saturated carbocycles. The number of hydrogen-bond donors (Lipinski definition) is 5. The van der Waals surface area contributed by atoms with Gasteiger partial charge in [-0.3, -0.25) is 14.4 Å². The third-order valence-electron chi connectivity index (χ3n) is 13.0. The molecule has 1 aliphatic rings. The van der Waals surface area contributed by atoms with E-state index in [2.05, 4.69) is 108 Å². The van der Waals surface area contributed by atoms with Gasteiger partial charge in [-0.15, -0.1) is 0 Å². The van der Waals surface area contributed by atoms with Gasteiger partial charge >= 0.3 is 6.03 Å². The summed E-state index contributed by atoms with van der Waals surface area (Å²) in [4.78, 5) is 58.5. The van der Waals surface area contributed by atoms with Gasteiger partial charge in [-0.05, 0) is 108 Å². The number of pyridine rings is 1. The van der Waals surface area contributed by atoms with Gasteiger partial charge in [-0.1, -0.05) is 111 Å². The number of unbranched alkanes of at least 4 members (excludes halogenated alkanes) is 2. The number of nitrogens with one attached hydrogen (secondary N) is 4. The lowest BCUT2D eigenvalue weighted by atomic mass is 9.43. The van der Waals surface area contributed by atoms with E-state index in [1.54, 1.807) is 17.0 Å². The van der Waals surface area contributed by atoms with E-state index in [4.69, 9.17) is 5.73 Å². The first-order valence-electron chi connectivity index (χ1n) is 21.7. The quantitative estimate of drug-likeness (QED) is 0.0871. The first-order valence-corrected chi connectivity index (χ1v) is 21.7. The monoisotopic (exact) mass is 799 g/mol. The van der Waals surface area contributed by atoms with Crippen molar-refractivity contribution in [1.82, 2.24) is 25.8 Å². The molecule has 6 N–H and O–H groups in total. The van der Waals surface area contributed by atoms with Crippen LogP contribution < -0.4 is 27.2 Å². The number of amides is 4. The third kappa shape index (κ3) is 12.0. The fourth-order valence-corrected chi connectivity index (χ4v) is 10.8. The lowest BCUT2D eigenvalue weighted by molar-refractivity contribution is -0.145. The second-order valence-corrected chi connectivity index (χ2v) is 19.8. The number of rotatable bonds is 17. The minimum Gasteiger partial charge on any atom is -0.354 e. The van der Waals surface area contributed by atoms with Gasteiger partial charge in [0, 0.05) is 43.7 Å². The van der Waals surface area contributed by atoms with Crippen molar-refractivity contribution in [2.45, 2.75) is 133 Å². The highest BCUT2D eigenvalue weighted by atomic mass is 16.2. The van der Waals surface area contributed by atoms with Crippen molar-refractivity contribution in [3.05, 3.63) is 82.3 Å². The predicted octanol–water partition coefficient (Wildman–Crippen LogP) is 8.33. The fraction of sp³-hybridized carbons (Fsp3) is 0.625. The molecule has 1 aromatic heterocycles. The standard InChI is InChI=1S/C48H74N6O4/c1-45(2,3)48(46(4,5)6,47(7,8)9)26-29-52-44(58)51-28-14-10-13-27-50-42(56)40(31-35-22-23-36-16-11-12-17-38(36)30-35)54(33-39-18-15-19-41(55)53-39)43(57)37-24-20-34(32-49)21-25-37/h11-12,15-19,22-23,30,34,37,40H,10,13-14,20-21,24-29,31-33,49H2,1-9H3,(H,50,56)(H,53,55)(H2,51,52,58)/t34?,37?,40-/m0/s1. The summed E-state index contributed by atoms with van der Waals surface area (Å²) in [5.41, 5.74) is 7.35. The molecule has 0 saturated heterocycles. The number of carbonyl (C=O) groups excluding carboxylic acids is 3. The molecule has 2 aromatic carbocycles. The minimum absolute atomic E-state index is 0.0199. The Morgan fingerprint density at radius 2 is 1.34 bits per heavy atom. The number of benzene rings is 2. The number of carbonyl (C=O) groups is 3. The maximum absolute atomic E-state index is 14.5. The Hall–Kier alpha value is -4.18. The Kier molecular flexibility index (Phi) is 16.2. The number of hydrogen-bond acceptors (Lipinski definition) is 5. The molecule has 10 nitrogen and oxygen atoms in total. The normalized spacial score (nSPS) is 17.1. The highest BCUT2D eigenvalue weighted by Gasteiger charge is 2.56. The van der Waals surface area contributed by atoms with Crippen molar-refractivity contribution in [1.29, 1.82) is 0 Å². The third-order valence-corrected chi connectivity index (χ3v) is 13.0.